The fourth-order valence-corrected chi connectivity index (χ4v) is 2.00. The number of carbonyl (C=O) groups excluding carboxylic acids is 4. The average molecular weight is 384 g/mol. The third-order valence-electron chi connectivity index (χ3n) is 3.19. The molecule has 0 atom stereocenters. The average Bonchev–Trinajstić information content (AvgIpc) is 2.55. The molecule has 0 aliphatic rings. The van der Waals surface area contributed by atoms with Gasteiger partial charge in [-0.2, -0.15) is 0 Å². The highest BCUT2D eigenvalue weighted by Crippen LogP contribution is 2.21. The van der Waals surface area contributed by atoms with E-state index in [2.05, 4.69) is 0 Å². The second-order valence-electron chi connectivity index (χ2n) is 5.37. The largest absolute Gasteiger partial charge is 0.461 e. The summed E-state index contributed by atoms with van der Waals surface area (Å²) in [5.41, 5.74) is -0.632. The summed E-state index contributed by atoms with van der Waals surface area (Å²) in [5, 5.41) is 0. The van der Waals surface area contributed by atoms with E-state index in [1.165, 1.54) is 20.8 Å². The Balaban J connectivity index is 3.46. The zero-order chi connectivity index (χ0) is 20.6. The normalized spacial score (nSPS) is 10.1. The van der Waals surface area contributed by atoms with Gasteiger partial charge in [0, 0.05) is 38.8 Å². The number of hydrogen-bond acceptors (Lipinski definition) is 10. The molecule has 0 fully saturated rings. The fraction of sp³-hybridized carbons (Fsp3) is 0.471. The Kier molecular flexibility index (Phi) is 8.18. The first-order chi connectivity index (χ1) is 12.6. The van der Waals surface area contributed by atoms with Crippen molar-refractivity contribution in [2.75, 3.05) is 0 Å². The van der Waals surface area contributed by atoms with Gasteiger partial charge in [0.2, 0.25) is 0 Å². The lowest BCUT2D eigenvalue weighted by Gasteiger charge is -2.16. The molecule has 0 saturated carbocycles. The van der Waals surface area contributed by atoms with Gasteiger partial charge in [-0.1, -0.05) is 0 Å². The van der Waals surface area contributed by atoms with Crippen molar-refractivity contribution in [3.63, 3.8) is 0 Å². The molecule has 0 N–H and O–H groups in total. The van der Waals surface area contributed by atoms with Crippen LogP contribution in [-0.2, 0) is 64.6 Å². The molecule has 0 aliphatic heterocycles. The Bertz CT molecular complexity index is 790. The van der Waals surface area contributed by atoms with Crippen molar-refractivity contribution >= 4 is 23.9 Å². The van der Waals surface area contributed by atoms with Crippen LogP contribution in [0.5, 0.6) is 0 Å². The molecule has 148 valence electrons. The van der Waals surface area contributed by atoms with E-state index in [4.69, 9.17) is 23.4 Å². The molecule has 27 heavy (non-hydrogen) atoms. The molecular formula is C17H20O10. The zero-order valence-corrected chi connectivity index (χ0v) is 15.4. The maximum atomic E-state index is 12.3. The van der Waals surface area contributed by atoms with Gasteiger partial charge in [0.1, 0.15) is 26.4 Å². The first kappa shape index (κ1) is 21.9. The smallest absolute Gasteiger partial charge is 0.343 e. The molecule has 10 nitrogen and oxygen atoms in total. The summed E-state index contributed by atoms with van der Waals surface area (Å²) < 4.78 is 24.7. The molecule has 10 heteroatoms. The van der Waals surface area contributed by atoms with Crippen molar-refractivity contribution < 1.29 is 42.5 Å². The van der Waals surface area contributed by atoms with Crippen molar-refractivity contribution in [2.24, 2.45) is 0 Å². The van der Waals surface area contributed by atoms with E-state index >= 15 is 0 Å². The summed E-state index contributed by atoms with van der Waals surface area (Å²) in [6.07, 6.45) is 0. The lowest BCUT2D eigenvalue weighted by molar-refractivity contribution is -0.145. The monoisotopic (exact) mass is 384 g/mol. The SMILES string of the molecule is CC(=O)OCc1oc(=O)c(COC(C)=O)c(COC(C)=O)c1COC(C)=O. The third kappa shape index (κ3) is 7.30. The maximum absolute atomic E-state index is 12.3. The minimum Gasteiger partial charge on any atom is -0.461 e. The molecule has 0 spiro atoms. The number of rotatable bonds is 8. The quantitative estimate of drug-likeness (QED) is 0.469. The molecular weight excluding hydrogens is 364 g/mol. The minimum absolute atomic E-state index is 0.0785. The summed E-state index contributed by atoms with van der Waals surface area (Å²) in [6, 6.07) is 0. The molecule has 1 aromatic heterocycles. The number of hydrogen-bond donors (Lipinski definition) is 0. The number of esters is 4. The van der Waals surface area contributed by atoms with E-state index in [1.807, 2.05) is 0 Å². The highest BCUT2D eigenvalue weighted by Gasteiger charge is 2.23. The van der Waals surface area contributed by atoms with Gasteiger partial charge in [-0.05, 0) is 0 Å². The molecule has 1 aromatic rings. The Hall–Kier alpha value is -3.17. The van der Waals surface area contributed by atoms with Crippen LogP contribution in [0.15, 0.2) is 9.21 Å². The molecule has 0 amide bonds. The van der Waals surface area contributed by atoms with E-state index in [0.29, 0.717) is 0 Å². The predicted octanol–water partition coefficient (Wildman–Crippen LogP) is 0.892. The number of ether oxygens (including phenoxy) is 4. The standard InChI is InChI=1S/C17H20O10/c1-9(18)23-5-13-14(6-24-10(2)19)16(8-26-12(4)21)27-17(22)15(13)7-25-11(3)20/h5-8H2,1-4H3. The maximum Gasteiger partial charge on any atom is 0.343 e. The van der Waals surface area contributed by atoms with Crippen LogP contribution in [0.2, 0.25) is 0 Å². The van der Waals surface area contributed by atoms with E-state index in [-0.39, 0.29) is 35.7 Å². The molecule has 0 unspecified atom stereocenters. The Labute approximate surface area is 154 Å². The van der Waals surface area contributed by atoms with Gasteiger partial charge >= 0.3 is 29.5 Å². The van der Waals surface area contributed by atoms with Crippen molar-refractivity contribution in [3.8, 4) is 0 Å². The van der Waals surface area contributed by atoms with Crippen LogP contribution in [0, 0.1) is 0 Å². The summed E-state index contributed by atoms with van der Waals surface area (Å²) in [5.74, 6) is -2.58. The van der Waals surface area contributed by atoms with E-state index in [9.17, 15) is 24.0 Å². The summed E-state index contributed by atoms with van der Waals surface area (Å²) in [4.78, 5) is 56.8. The van der Waals surface area contributed by atoms with Crippen LogP contribution in [0.1, 0.15) is 50.1 Å². The zero-order valence-electron chi connectivity index (χ0n) is 15.4. The predicted molar refractivity (Wildman–Crippen MR) is 86.9 cm³/mol. The third-order valence-corrected chi connectivity index (χ3v) is 3.19. The van der Waals surface area contributed by atoms with Crippen molar-refractivity contribution in [2.45, 2.75) is 54.1 Å². The molecule has 0 radical (unpaired) electrons. The first-order valence-corrected chi connectivity index (χ1v) is 7.81. The second kappa shape index (κ2) is 10.1. The van der Waals surface area contributed by atoms with E-state index < -0.39 is 42.7 Å². The molecule has 0 bridgehead atoms. The topological polar surface area (TPSA) is 135 Å². The van der Waals surface area contributed by atoms with Crippen LogP contribution < -0.4 is 5.63 Å². The molecule has 0 aromatic carbocycles. The Morgan fingerprint density at radius 3 is 1.44 bits per heavy atom. The lowest BCUT2D eigenvalue weighted by atomic mass is 10.0. The van der Waals surface area contributed by atoms with Crippen molar-refractivity contribution in [1.82, 2.24) is 0 Å². The van der Waals surface area contributed by atoms with Crippen LogP contribution in [0.4, 0.5) is 0 Å². The number of carbonyl (C=O) groups is 4. The molecule has 1 heterocycles. The van der Waals surface area contributed by atoms with Crippen LogP contribution in [0.3, 0.4) is 0 Å². The highest BCUT2D eigenvalue weighted by molar-refractivity contribution is 5.67. The fourth-order valence-electron chi connectivity index (χ4n) is 2.00. The van der Waals surface area contributed by atoms with Crippen molar-refractivity contribution in [3.05, 3.63) is 32.9 Å². The Morgan fingerprint density at radius 1 is 0.630 bits per heavy atom. The highest BCUT2D eigenvalue weighted by atomic mass is 16.6. The van der Waals surface area contributed by atoms with Gasteiger partial charge in [0.05, 0.1) is 5.56 Å². The van der Waals surface area contributed by atoms with Crippen LogP contribution in [0.25, 0.3) is 0 Å². The van der Waals surface area contributed by atoms with Gasteiger partial charge < -0.3 is 23.4 Å². The van der Waals surface area contributed by atoms with Crippen molar-refractivity contribution in [1.29, 1.82) is 0 Å². The van der Waals surface area contributed by atoms with E-state index in [0.717, 1.165) is 6.92 Å². The van der Waals surface area contributed by atoms with Crippen LogP contribution in [-0.4, -0.2) is 23.9 Å². The van der Waals surface area contributed by atoms with Gasteiger partial charge in [0.15, 0.2) is 5.76 Å². The van der Waals surface area contributed by atoms with Gasteiger partial charge in [-0.25, -0.2) is 4.79 Å². The summed E-state index contributed by atoms with van der Waals surface area (Å²) in [7, 11) is 0. The summed E-state index contributed by atoms with van der Waals surface area (Å²) >= 11 is 0. The minimum atomic E-state index is -0.868. The first-order valence-electron chi connectivity index (χ1n) is 7.81. The van der Waals surface area contributed by atoms with Gasteiger partial charge in [-0.15, -0.1) is 0 Å². The van der Waals surface area contributed by atoms with Crippen LogP contribution >= 0.6 is 0 Å². The molecule has 0 saturated heterocycles. The lowest BCUT2D eigenvalue weighted by Crippen LogP contribution is -2.21. The second-order valence-corrected chi connectivity index (χ2v) is 5.37. The van der Waals surface area contributed by atoms with E-state index in [1.54, 1.807) is 0 Å². The summed E-state index contributed by atoms with van der Waals surface area (Å²) in [6.45, 7) is 3.14. The Morgan fingerprint density at radius 2 is 1.00 bits per heavy atom. The van der Waals surface area contributed by atoms with Gasteiger partial charge in [-0.3, -0.25) is 19.2 Å². The molecule has 0 aliphatic carbocycles. The van der Waals surface area contributed by atoms with Gasteiger partial charge in [0.25, 0.3) is 0 Å². The molecule has 1 rings (SSSR count).